The van der Waals surface area contributed by atoms with Crippen LogP contribution >= 0.6 is 0 Å². The summed E-state index contributed by atoms with van der Waals surface area (Å²) in [6.07, 6.45) is 3.46. The van der Waals surface area contributed by atoms with Gasteiger partial charge in [0.15, 0.2) is 0 Å². The highest BCUT2D eigenvalue weighted by atomic mass is 16.5. The van der Waals surface area contributed by atoms with Crippen LogP contribution in [0.1, 0.15) is 19.2 Å². The third-order valence-electron chi connectivity index (χ3n) is 1.50. The molecule has 4 nitrogen and oxygen atoms in total. The normalized spacial score (nSPS) is 9.83. The zero-order chi connectivity index (χ0) is 8.97. The van der Waals surface area contributed by atoms with Crippen molar-refractivity contribution in [2.75, 3.05) is 12.8 Å². The van der Waals surface area contributed by atoms with Crippen molar-refractivity contribution in [1.82, 2.24) is 9.97 Å². The Morgan fingerprint density at radius 1 is 1.58 bits per heavy atom. The molecule has 0 bridgehead atoms. The van der Waals surface area contributed by atoms with Gasteiger partial charge in [0, 0.05) is 6.42 Å². The van der Waals surface area contributed by atoms with Gasteiger partial charge in [-0.15, -0.1) is 0 Å². The van der Waals surface area contributed by atoms with Crippen LogP contribution in [0.5, 0.6) is 5.88 Å². The van der Waals surface area contributed by atoms with Crippen molar-refractivity contribution < 1.29 is 4.74 Å². The number of rotatable bonds is 3. The molecular weight excluding hydrogens is 154 g/mol. The minimum atomic E-state index is 0.466. The van der Waals surface area contributed by atoms with Gasteiger partial charge in [0.2, 0.25) is 5.88 Å². The van der Waals surface area contributed by atoms with E-state index in [4.69, 9.17) is 10.5 Å². The monoisotopic (exact) mass is 167 g/mol. The molecule has 12 heavy (non-hydrogen) atoms. The summed E-state index contributed by atoms with van der Waals surface area (Å²) in [6, 6.07) is 0. The highest BCUT2D eigenvalue weighted by Crippen LogP contribution is 2.15. The summed E-state index contributed by atoms with van der Waals surface area (Å²) in [5.74, 6) is 1.25. The number of aryl methyl sites for hydroxylation is 1. The highest BCUT2D eigenvalue weighted by molar-refractivity contribution is 5.45. The van der Waals surface area contributed by atoms with Crippen LogP contribution in [-0.4, -0.2) is 17.1 Å². The van der Waals surface area contributed by atoms with Gasteiger partial charge in [-0.05, 0) is 6.42 Å². The molecule has 2 N–H and O–H groups in total. The summed E-state index contributed by atoms with van der Waals surface area (Å²) in [7, 11) is 1.55. The van der Waals surface area contributed by atoms with Gasteiger partial charge in [-0.25, -0.2) is 4.98 Å². The Hall–Kier alpha value is -1.32. The Morgan fingerprint density at radius 2 is 2.33 bits per heavy atom. The van der Waals surface area contributed by atoms with Gasteiger partial charge in [-0.2, -0.15) is 4.98 Å². The van der Waals surface area contributed by atoms with E-state index in [-0.39, 0.29) is 0 Å². The Labute approximate surface area is 71.8 Å². The maximum Gasteiger partial charge on any atom is 0.240 e. The quantitative estimate of drug-likeness (QED) is 0.730. The summed E-state index contributed by atoms with van der Waals surface area (Å²) in [5, 5.41) is 0. The van der Waals surface area contributed by atoms with Crippen LogP contribution in [0.3, 0.4) is 0 Å². The zero-order valence-corrected chi connectivity index (χ0v) is 7.37. The molecule has 0 aromatic carbocycles. The van der Waals surface area contributed by atoms with Crippen LogP contribution in [0.25, 0.3) is 0 Å². The Morgan fingerprint density at radius 3 is 2.92 bits per heavy atom. The van der Waals surface area contributed by atoms with Crippen molar-refractivity contribution in [3.63, 3.8) is 0 Å². The lowest BCUT2D eigenvalue weighted by molar-refractivity contribution is 0.397. The van der Waals surface area contributed by atoms with Crippen LogP contribution in [0.2, 0.25) is 0 Å². The van der Waals surface area contributed by atoms with Crippen LogP contribution in [0.15, 0.2) is 6.20 Å². The molecule has 1 aromatic heterocycles. The van der Waals surface area contributed by atoms with Gasteiger partial charge in [0.1, 0.15) is 11.5 Å². The molecule has 1 aromatic rings. The lowest BCUT2D eigenvalue weighted by Crippen LogP contribution is -2.01. The molecule has 0 unspecified atom stereocenters. The molecular formula is C8H13N3O. The van der Waals surface area contributed by atoms with Gasteiger partial charge in [0.25, 0.3) is 0 Å². The van der Waals surface area contributed by atoms with E-state index in [1.165, 1.54) is 0 Å². The first kappa shape index (κ1) is 8.77. The number of nitrogens with zero attached hydrogens (tertiary/aromatic N) is 2. The third-order valence-corrected chi connectivity index (χ3v) is 1.50. The number of hydrogen-bond acceptors (Lipinski definition) is 4. The van der Waals surface area contributed by atoms with Crippen molar-refractivity contribution in [2.45, 2.75) is 19.8 Å². The van der Waals surface area contributed by atoms with Gasteiger partial charge in [0.05, 0.1) is 13.3 Å². The fourth-order valence-corrected chi connectivity index (χ4v) is 0.917. The van der Waals surface area contributed by atoms with Gasteiger partial charge < -0.3 is 10.5 Å². The summed E-state index contributed by atoms with van der Waals surface area (Å²) in [5.41, 5.74) is 6.03. The molecule has 0 saturated carbocycles. The van der Waals surface area contributed by atoms with Crippen LogP contribution in [0, 0.1) is 0 Å². The smallest absolute Gasteiger partial charge is 0.240 e. The molecule has 1 rings (SSSR count). The second-order valence-corrected chi connectivity index (χ2v) is 2.50. The summed E-state index contributed by atoms with van der Waals surface area (Å²) in [4.78, 5) is 8.18. The van der Waals surface area contributed by atoms with Gasteiger partial charge in [-0.1, -0.05) is 6.92 Å². The first-order valence-electron chi connectivity index (χ1n) is 3.93. The second kappa shape index (κ2) is 3.90. The maximum absolute atomic E-state index is 5.55. The molecule has 0 fully saturated rings. The van der Waals surface area contributed by atoms with E-state index in [0.29, 0.717) is 11.6 Å². The average Bonchev–Trinajstić information content (AvgIpc) is 2.09. The van der Waals surface area contributed by atoms with Crippen molar-refractivity contribution in [2.24, 2.45) is 0 Å². The number of aromatic nitrogens is 2. The number of nitrogen functional groups attached to an aromatic ring is 1. The summed E-state index contributed by atoms with van der Waals surface area (Å²) < 4.78 is 4.96. The minimum Gasteiger partial charge on any atom is -0.479 e. The summed E-state index contributed by atoms with van der Waals surface area (Å²) in [6.45, 7) is 2.08. The maximum atomic E-state index is 5.55. The first-order chi connectivity index (χ1) is 5.77. The lowest BCUT2D eigenvalue weighted by atomic mass is 10.3. The lowest BCUT2D eigenvalue weighted by Gasteiger charge is -2.03. The molecule has 4 heteroatoms. The van der Waals surface area contributed by atoms with E-state index in [2.05, 4.69) is 16.9 Å². The fourth-order valence-electron chi connectivity index (χ4n) is 0.917. The van der Waals surface area contributed by atoms with E-state index in [1.807, 2.05) is 0 Å². The highest BCUT2D eigenvalue weighted by Gasteiger charge is 2.02. The number of hydrogen-bond donors (Lipinski definition) is 1. The predicted molar refractivity (Wildman–Crippen MR) is 47.0 cm³/mol. The predicted octanol–water partition coefficient (Wildman–Crippen LogP) is 1.02. The molecule has 0 atom stereocenters. The van der Waals surface area contributed by atoms with E-state index in [1.54, 1.807) is 13.3 Å². The van der Waals surface area contributed by atoms with E-state index >= 15 is 0 Å². The van der Waals surface area contributed by atoms with Crippen molar-refractivity contribution in [1.29, 1.82) is 0 Å². The van der Waals surface area contributed by atoms with Crippen molar-refractivity contribution in [3.8, 4) is 5.88 Å². The van der Waals surface area contributed by atoms with E-state index in [9.17, 15) is 0 Å². The molecule has 66 valence electrons. The topological polar surface area (TPSA) is 61.0 Å². The van der Waals surface area contributed by atoms with Crippen molar-refractivity contribution >= 4 is 5.69 Å². The average molecular weight is 167 g/mol. The molecule has 0 amide bonds. The Balaban J connectivity index is 2.89. The van der Waals surface area contributed by atoms with Crippen molar-refractivity contribution in [3.05, 3.63) is 12.0 Å². The summed E-state index contributed by atoms with van der Waals surface area (Å²) >= 11 is 0. The molecule has 0 saturated heterocycles. The number of methoxy groups -OCH3 is 1. The number of anilines is 1. The van der Waals surface area contributed by atoms with Crippen LogP contribution in [-0.2, 0) is 6.42 Å². The standard InChI is InChI=1S/C8H13N3O/c1-3-4-7-10-5-6(9)8(11-7)12-2/h5H,3-4,9H2,1-2H3. The fraction of sp³-hybridized carbons (Fsp3) is 0.500. The van der Waals surface area contributed by atoms with Crippen LogP contribution < -0.4 is 10.5 Å². The molecule has 0 radical (unpaired) electrons. The molecule has 0 aliphatic rings. The van der Waals surface area contributed by atoms with E-state index < -0.39 is 0 Å². The Bertz CT molecular complexity index is 262. The molecule has 0 aliphatic heterocycles. The number of nitrogens with two attached hydrogens (primary N) is 1. The Kier molecular flexibility index (Phi) is 2.85. The molecule has 1 heterocycles. The third kappa shape index (κ3) is 1.84. The number of ether oxygens (including phenoxy) is 1. The SMILES string of the molecule is CCCc1ncc(N)c(OC)n1. The van der Waals surface area contributed by atoms with Crippen LogP contribution in [0.4, 0.5) is 5.69 Å². The largest absolute Gasteiger partial charge is 0.479 e. The molecule has 0 aliphatic carbocycles. The minimum absolute atomic E-state index is 0.466. The molecule has 0 spiro atoms. The first-order valence-corrected chi connectivity index (χ1v) is 3.93. The van der Waals surface area contributed by atoms with Gasteiger partial charge in [-0.3, -0.25) is 0 Å². The zero-order valence-electron chi connectivity index (χ0n) is 7.37. The second-order valence-electron chi connectivity index (χ2n) is 2.50. The van der Waals surface area contributed by atoms with E-state index in [0.717, 1.165) is 18.7 Å². The van der Waals surface area contributed by atoms with Gasteiger partial charge >= 0.3 is 0 Å².